The zero-order chi connectivity index (χ0) is 24.2. The quantitative estimate of drug-likeness (QED) is 0.412. The Balaban J connectivity index is -0.000000159. The van der Waals surface area contributed by atoms with Gasteiger partial charge >= 0.3 is 72.1 Å². The molecule has 0 rings (SSSR count). The second-order valence-corrected chi connectivity index (χ2v) is 15.5. The van der Waals surface area contributed by atoms with Crippen LogP contribution in [0.5, 0.6) is 0 Å². The summed E-state index contributed by atoms with van der Waals surface area (Å²) in [5.41, 5.74) is 0. The van der Waals surface area contributed by atoms with Crippen molar-refractivity contribution in [3.8, 4) is 29.8 Å². The molecule has 161 valence electrons. The molecule has 0 aliphatic heterocycles. The Morgan fingerprint density at radius 2 is 0.429 bits per heavy atom. The van der Waals surface area contributed by atoms with Crippen molar-refractivity contribution in [1.29, 1.82) is 31.6 Å². The van der Waals surface area contributed by atoms with Crippen LogP contribution in [0.1, 0.15) is 0 Å². The molecule has 0 fully saturated rings. The molecule has 0 N–H and O–H groups in total. The van der Waals surface area contributed by atoms with Gasteiger partial charge in [-0.05, 0) is 0 Å². The molecule has 0 bridgehead atoms. The Morgan fingerprint density at radius 3 is 0.429 bits per heavy atom. The maximum absolute atomic E-state index is 8.58. The van der Waals surface area contributed by atoms with E-state index in [4.69, 9.17) is 31.6 Å². The van der Waals surface area contributed by atoms with E-state index in [1.54, 1.807) is 0 Å². The molecule has 0 aromatic carbocycles. The van der Waals surface area contributed by atoms with Gasteiger partial charge in [-0.15, -0.1) is 0 Å². The molecule has 0 atom stereocenters. The van der Waals surface area contributed by atoms with Gasteiger partial charge in [0.1, 0.15) is 0 Å². The number of nitriles is 6. The summed E-state index contributed by atoms with van der Waals surface area (Å²) in [5.74, 6) is 0. The van der Waals surface area contributed by atoms with E-state index in [9.17, 15) is 0 Å². The second-order valence-electron chi connectivity index (χ2n) is 9.85. The van der Waals surface area contributed by atoms with Crippen molar-refractivity contribution in [1.82, 2.24) is 0 Å². The predicted molar refractivity (Wildman–Crippen MR) is 106 cm³/mol. The first-order chi connectivity index (χ1) is 12.0. The van der Waals surface area contributed by atoms with Crippen molar-refractivity contribution in [2.24, 2.45) is 0 Å². The van der Waals surface area contributed by atoms with Crippen LogP contribution in [-0.2, 0) is 10.7 Å². The van der Waals surface area contributed by atoms with Gasteiger partial charge in [0, 0.05) is 0 Å². The third-order valence-corrected chi connectivity index (χ3v) is 4.89. The SMILES string of the molecule is C[N+](C)(C)C.C[N+](C)(C)C.C[N+](C)(C)C.N#[C][Fe-3]([C]#N)([C]#N)([C]#N)([C]#N)[C]#N. The van der Waals surface area contributed by atoms with Crippen LogP contribution in [0, 0.1) is 61.4 Å². The van der Waals surface area contributed by atoms with Gasteiger partial charge in [-0.3, -0.25) is 0 Å². The normalized spacial score (nSPS) is 12.6. The number of quaternary nitrogens is 3. The van der Waals surface area contributed by atoms with E-state index in [-0.39, 0.29) is 0 Å². The average molecular weight is 434 g/mol. The minimum absolute atomic E-state index is 1.00. The second kappa shape index (κ2) is 10.0. The zero-order valence-electron chi connectivity index (χ0n) is 19.4. The van der Waals surface area contributed by atoms with E-state index in [2.05, 4.69) is 84.6 Å². The van der Waals surface area contributed by atoms with Gasteiger partial charge < -0.3 is 13.4 Å². The third kappa shape index (κ3) is 15.6. The van der Waals surface area contributed by atoms with Gasteiger partial charge in [-0.1, -0.05) is 0 Å². The molecule has 0 aromatic heterocycles. The van der Waals surface area contributed by atoms with Crippen LogP contribution in [0.2, 0.25) is 0 Å². The Hall–Kier alpha value is -2.66. The number of rotatable bonds is 0. The van der Waals surface area contributed by atoms with Crippen molar-refractivity contribution < 1.29 is 24.2 Å². The van der Waals surface area contributed by atoms with E-state index >= 15 is 0 Å². The monoisotopic (exact) mass is 434 g/mol. The van der Waals surface area contributed by atoms with Gasteiger partial charge in [0.15, 0.2) is 0 Å². The summed E-state index contributed by atoms with van der Waals surface area (Å²) in [4.78, 5) is 6.19. The van der Waals surface area contributed by atoms with E-state index in [0.29, 0.717) is 0 Å². The standard InChI is InChI=1S/3C4H12N.6CN.Fe/c3*1-5(2,3)4;6*1-2;/h3*1-4H3;;;;;;;/q3*+1;;;;;;;-3. The fourth-order valence-corrected chi connectivity index (χ4v) is 1.09. The van der Waals surface area contributed by atoms with Crippen LogP contribution in [0.25, 0.3) is 0 Å². The van der Waals surface area contributed by atoms with Crippen LogP contribution < -0.4 is 0 Å². The van der Waals surface area contributed by atoms with Gasteiger partial charge in [-0.25, -0.2) is 0 Å². The predicted octanol–water partition coefficient (Wildman–Crippen LogP) is 1.07. The zero-order valence-corrected chi connectivity index (χ0v) is 20.5. The molecule has 0 unspecified atom stereocenters. The fraction of sp³-hybridized carbons (Fsp3) is 0.667. The summed E-state index contributed by atoms with van der Waals surface area (Å²) < 4.78 is 3.00. The van der Waals surface area contributed by atoms with E-state index in [1.165, 1.54) is 0 Å². The van der Waals surface area contributed by atoms with Crippen molar-refractivity contribution in [3.05, 3.63) is 0 Å². The molecule has 0 amide bonds. The minimum atomic E-state index is -6.17. The summed E-state index contributed by atoms with van der Waals surface area (Å²) in [7, 11) is 19.3. The molecule has 0 radical (unpaired) electrons. The van der Waals surface area contributed by atoms with E-state index in [1.807, 2.05) is 0 Å². The van der Waals surface area contributed by atoms with Crippen molar-refractivity contribution in [3.63, 3.8) is 0 Å². The first-order valence-corrected chi connectivity index (χ1v) is 11.1. The van der Waals surface area contributed by atoms with Crippen LogP contribution in [0.3, 0.4) is 0 Å². The molecule has 28 heavy (non-hydrogen) atoms. The molecule has 0 aliphatic rings. The van der Waals surface area contributed by atoms with Crippen molar-refractivity contribution >= 4 is 0 Å². The third-order valence-electron chi connectivity index (χ3n) is 1.19. The Bertz CT molecular complexity index is 590. The van der Waals surface area contributed by atoms with Crippen LogP contribution in [-0.4, -0.2) is 98.0 Å². The molecular formula is C18H36FeN9. The molecule has 0 saturated carbocycles. The summed E-state index contributed by atoms with van der Waals surface area (Å²) >= 11 is 0. The van der Waals surface area contributed by atoms with Crippen LogP contribution in [0.4, 0.5) is 0 Å². The van der Waals surface area contributed by atoms with Gasteiger partial charge in [0.25, 0.3) is 0 Å². The summed E-state index contributed by atoms with van der Waals surface area (Å²) in [6.07, 6.45) is 0. The molecule has 0 aromatic rings. The Labute approximate surface area is 170 Å². The van der Waals surface area contributed by atoms with Gasteiger partial charge in [0.2, 0.25) is 0 Å². The van der Waals surface area contributed by atoms with E-state index in [0.717, 1.165) is 43.3 Å². The topological polar surface area (TPSA) is 143 Å². The fourth-order valence-electron chi connectivity index (χ4n) is 0.265. The molecule has 0 spiro atoms. The summed E-state index contributed by atoms with van der Waals surface area (Å²) in [6.45, 7) is 0. The molecule has 9 nitrogen and oxygen atoms in total. The summed E-state index contributed by atoms with van der Waals surface area (Å²) in [6, 6.07) is 0. The van der Waals surface area contributed by atoms with Crippen LogP contribution in [0.15, 0.2) is 0 Å². The Morgan fingerprint density at radius 1 is 0.357 bits per heavy atom. The molecule has 0 aliphatic carbocycles. The van der Waals surface area contributed by atoms with Gasteiger partial charge in [0.05, 0.1) is 84.6 Å². The first kappa shape index (κ1) is 33.0. The molecular weight excluding hydrogens is 398 g/mol. The summed E-state index contributed by atoms with van der Waals surface area (Å²) in [5, 5.41) is 51.5. The van der Waals surface area contributed by atoms with Gasteiger partial charge in [-0.2, -0.15) is 0 Å². The van der Waals surface area contributed by atoms with E-state index < -0.39 is 10.7 Å². The number of nitrogens with zero attached hydrogens (tertiary/aromatic N) is 9. The number of hydrogen-bond donors (Lipinski definition) is 0. The first-order valence-electron chi connectivity index (χ1n) is 7.77. The maximum atomic E-state index is 8.58. The molecule has 10 heteroatoms. The van der Waals surface area contributed by atoms with Crippen molar-refractivity contribution in [2.45, 2.75) is 0 Å². The average Bonchev–Trinajstić information content (AvgIpc) is 2.48. The Kier molecular flexibility index (Phi) is 11.8. The molecule has 0 heterocycles. The van der Waals surface area contributed by atoms with Crippen LogP contribution >= 0.6 is 0 Å². The van der Waals surface area contributed by atoms with Crippen molar-refractivity contribution in [2.75, 3.05) is 84.6 Å². The molecule has 0 saturated heterocycles. The number of hydrogen-bond acceptors (Lipinski definition) is 6.